The molecule has 54 heavy (non-hydrogen) atoms. The maximum Gasteiger partial charge on any atom is 0.139 e. The van der Waals surface area contributed by atoms with Gasteiger partial charge in [-0.15, -0.1) is 0 Å². The molecule has 0 saturated heterocycles. The topological polar surface area (TPSA) is 32.0 Å². The Bertz CT molecular complexity index is 2820. The summed E-state index contributed by atoms with van der Waals surface area (Å²) in [6.45, 7) is 0. The Morgan fingerprint density at radius 2 is 1.28 bits per heavy atom. The van der Waals surface area contributed by atoms with Crippen LogP contribution in [0, 0.1) is 17.8 Å². The molecule has 1 aliphatic heterocycles. The fourth-order valence-electron chi connectivity index (χ4n) is 12.9. The Kier molecular flexibility index (Phi) is 6.05. The van der Waals surface area contributed by atoms with E-state index in [2.05, 4.69) is 124 Å². The third-order valence-corrected chi connectivity index (χ3v) is 14.7. The average molecular weight is 702 g/mol. The largest absolute Gasteiger partial charge is 0.489 e. The lowest BCUT2D eigenvalue weighted by molar-refractivity contribution is -0.00512. The van der Waals surface area contributed by atoms with E-state index in [0.717, 1.165) is 41.4 Å². The van der Waals surface area contributed by atoms with Gasteiger partial charge in [0.15, 0.2) is 0 Å². The Labute approximate surface area is 315 Å². The fraction of sp³-hybridized carbons (Fsp3) is 0.300. The van der Waals surface area contributed by atoms with Crippen LogP contribution in [0.5, 0.6) is 5.75 Å². The SMILES string of the molecule is c1cc(-c2ccc3c(c2)c2ccccc2n3-c2ccnc(-n3c4ccccc4c4cc(C56CC7CC(CC(C7)C5)C6)ccc43)c2)c2c(c1)C1CCCC1O2. The first-order chi connectivity index (χ1) is 26.7. The molecule has 5 fully saturated rings. The smallest absolute Gasteiger partial charge is 0.139 e. The summed E-state index contributed by atoms with van der Waals surface area (Å²) in [5, 5.41) is 5.18. The van der Waals surface area contributed by atoms with Crippen molar-refractivity contribution in [3.05, 3.63) is 133 Å². The van der Waals surface area contributed by atoms with E-state index >= 15 is 0 Å². The molecule has 0 radical (unpaired) electrons. The number of pyridine rings is 1. The first-order valence-electron chi connectivity index (χ1n) is 20.5. The van der Waals surface area contributed by atoms with Crippen molar-refractivity contribution in [2.24, 2.45) is 17.8 Å². The molecule has 3 aromatic heterocycles. The van der Waals surface area contributed by atoms with Gasteiger partial charge < -0.3 is 9.30 Å². The lowest BCUT2D eigenvalue weighted by Gasteiger charge is -2.57. The Balaban J connectivity index is 0.951. The molecule has 5 saturated carbocycles. The third kappa shape index (κ3) is 4.12. The van der Waals surface area contributed by atoms with Gasteiger partial charge in [0.1, 0.15) is 17.7 Å². The molecule has 14 rings (SSSR count). The van der Waals surface area contributed by atoms with Crippen molar-refractivity contribution >= 4 is 43.6 Å². The van der Waals surface area contributed by atoms with Gasteiger partial charge in [0, 0.05) is 50.9 Å². The van der Waals surface area contributed by atoms with E-state index in [1.54, 1.807) is 5.56 Å². The van der Waals surface area contributed by atoms with Gasteiger partial charge in [-0.3, -0.25) is 4.57 Å². The fourth-order valence-corrected chi connectivity index (χ4v) is 12.9. The van der Waals surface area contributed by atoms with E-state index in [1.807, 2.05) is 6.20 Å². The van der Waals surface area contributed by atoms with Gasteiger partial charge in [0.25, 0.3) is 0 Å². The van der Waals surface area contributed by atoms with Gasteiger partial charge in [-0.1, -0.05) is 66.7 Å². The van der Waals surface area contributed by atoms with Crippen LogP contribution in [-0.2, 0) is 5.41 Å². The van der Waals surface area contributed by atoms with Gasteiger partial charge in [-0.25, -0.2) is 4.98 Å². The Hall–Kier alpha value is -5.35. The molecule has 2 unspecified atom stereocenters. The van der Waals surface area contributed by atoms with E-state index in [9.17, 15) is 0 Å². The second-order valence-corrected chi connectivity index (χ2v) is 17.7. The zero-order valence-electron chi connectivity index (χ0n) is 30.5. The van der Waals surface area contributed by atoms with Crippen molar-refractivity contribution in [1.29, 1.82) is 0 Å². The minimum Gasteiger partial charge on any atom is -0.489 e. The zero-order chi connectivity index (χ0) is 35.1. The zero-order valence-corrected chi connectivity index (χ0v) is 30.5. The van der Waals surface area contributed by atoms with Crippen molar-refractivity contribution in [3.63, 3.8) is 0 Å². The number of ether oxygens (including phenoxy) is 1. The first kappa shape index (κ1) is 30.0. The van der Waals surface area contributed by atoms with Crippen LogP contribution in [0.1, 0.15) is 74.8 Å². The van der Waals surface area contributed by atoms with Gasteiger partial charge >= 0.3 is 0 Å². The number of hydrogen-bond acceptors (Lipinski definition) is 2. The number of nitrogens with zero attached hydrogens (tertiary/aromatic N) is 3. The monoisotopic (exact) mass is 701 g/mol. The minimum atomic E-state index is 0.339. The highest BCUT2D eigenvalue weighted by molar-refractivity contribution is 6.11. The highest BCUT2D eigenvalue weighted by atomic mass is 16.5. The molecule has 5 aliphatic carbocycles. The summed E-state index contributed by atoms with van der Waals surface area (Å²) in [6.07, 6.45) is 14.6. The third-order valence-electron chi connectivity index (χ3n) is 14.7. The lowest BCUT2D eigenvalue weighted by Crippen LogP contribution is -2.48. The lowest BCUT2D eigenvalue weighted by atomic mass is 9.48. The summed E-state index contributed by atoms with van der Waals surface area (Å²) in [6, 6.07) is 43.5. The van der Waals surface area contributed by atoms with E-state index in [1.165, 1.54) is 112 Å². The molecule has 2 atom stereocenters. The van der Waals surface area contributed by atoms with Gasteiger partial charge in [-0.2, -0.15) is 0 Å². The first-order valence-corrected chi connectivity index (χ1v) is 20.5. The molecule has 264 valence electrons. The summed E-state index contributed by atoms with van der Waals surface area (Å²) < 4.78 is 11.5. The second-order valence-electron chi connectivity index (χ2n) is 17.7. The summed E-state index contributed by atoms with van der Waals surface area (Å²) >= 11 is 0. The molecule has 5 aromatic carbocycles. The highest BCUT2D eigenvalue weighted by Gasteiger charge is 2.51. The van der Waals surface area contributed by atoms with Crippen LogP contribution < -0.4 is 4.74 Å². The average Bonchev–Trinajstić information content (AvgIpc) is 3.96. The van der Waals surface area contributed by atoms with Crippen LogP contribution >= 0.6 is 0 Å². The normalized spacial score (nSPS) is 26.6. The predicted molar refractivity (Wildman–Crippen MR) is 219 cm³/mol. The highest BCUT2D eigenvalue weighted by Crippen LogP contribution is 2.61. The molecule has 4 nitrogen and oxygen atoms in total. The number of aromatic nitrogens is 3. The van der Waals surface area contributed by atoms with Crippen LogP contribution in [0.2, 0.25) is 0 Å². The minimum absolute atomic E-state index is 0.339. The molecular weight excluding hydrogens is 659 g/mol. The number of fused-ring (bicyclic) bond motifs is 9. The van der Waals surface area contributed by atoms with Crippen LogP contribution in [0.25, 0.3) is 66.2 Å². The summed E-state index contributed by atoms with van der Waals surface area (Å²) in [7, 11) is 0. The molecule has 0 amide bonds. The maximum absolute atomic E-state index is 6.65. The van der Waals surface area contributed by atoms with Gasteiger partial charge in [-0.05, 0) is 135 Å². The van der Waals surface area contributed by atoms with E-state index in [0.29, 0.717) is 17.4 Å². The molecular formula is C50H43N3O. The molecule has 0 N–H and O–H groups in total. The van der Waals surface area contributed by atoms with E-state index in [-0.39, 0.29) is 0 Å². The Morgan fingerprint density at radius 3 is 2.07 bits per heavy atom. The Morgan fingerprint density at radius 1 is 0.593 bits per heavy atom. The maximum atomic E-state index is 6.65. The van der Waals surface area contributed by atoms with Crippen molar-refractivity contribution in [2.75, 3.05) is 0 Å². The summed E-state index contributed by atoms with van der Waals surface area (Å²) in [5.41, 5.74) is 11.8. The molecule has 6 aliphatic rings. The summed E-state index contributed by atoms with van der Waals surface area (Å²) in [4.78, 5) is 5.08. The van der Waals surface area contributed by atoms with Crippen LogP contribution in [0.3, 0.4) is 0 Å². The number of rotatable bonds is 4. The van der Waals surface area contributed by atoms with Gasteiger partial charge in [0.05, 0.1) is 27.8 Å². The number of benzene rings is 5. The van der Waals surface area contributed by atoms with Crippen LogP contribution in [0.4, 0.5) is 0 Å². The molecule has 0 spiro atoms. The molecule has 8 aromatic rings. The summed E-state index contributed by atoms with van der Waals surface area (Å²) in [5.74, 6) is 5.39. The van der Waals surface area contributed by atoms with Crippen molar-refractivity contribution in [3.8, 4) is 28.4 Å². The number of hydrogen-bond donors (Lipinski definition) is 0. The molecule has 4 bridgehead atoms. The van der Waals surface area contributed by atoms with Gasteiger partial charge in [0.2, 0.25) is 0 Å². The molecule has 4 heterocycles. The number of para-hydroxylation sites is 3. The quantitative estimate of drug-likeness (QED) is 0.183. The van der Waals surface area contributed by atoms with E-state index in [4.69, 9.17) is 9.72 Å². The van der Waals surface area contributed by atoms with Crippen molar-refractivity contribution in [2.45, 2.75) is 75.2 Å². The van der Waals surface area contributed by atoms with Crippen LogP contribution in [-0.4, -0.2) is 20.2 Å². The predicted octanol–water partition coefficient (Wildman–Crippen LogP) is 12.4. The van der Waals surface area contributed by atoms with Crippen molar-refractivity contribution < 1.29 is 4.74 Å². The molecule has 4 heteroatoms. The van der Waals surface area contributed by atoms with Crippen molar-refractivity contribution in [1.82, 2.24) is 14.1 Å². The standard InChI is InChI=1S/C50H43N3O/c1-3-12-43-37(7-1)41-24-33(36-9-5-11-40-39-10-6-14-47(39)54-49(36)40)15-17-45(41)52(43)35-19-20-51-48(26-35)53-44-13-4-2-8-38(44)42-25-34(16-18-46(42)53)50-27-30-21-31(28-50)23-32(22-30)29-50/h1-5,7-9,11-13,15-20,24-26,30-32,39,47H,6,10,14,21-23,27-29H2. The van der Waals surface area contributed by atoms with Crippen LogP contribution in [0.15, 0.2) is 121 Å². The van der Waals surface area contributed by atoms with E-state index < -0.39 is 0 Å². The second kappa shape index (κ2) is 10.9.